The van der Waals surface area contributed by atoms with Crippen LogP contribution in [0.5, 0.6) is 5.75 Å². The van der Waals surface area contributed by atoms with Crippen molar-refractivity contribution in [2.45, 2.75) is 30.6 Å². The zero-order chi connectivity index (χ0) is 19.3. The molecule has 0 radical (unpaired) electrons. The van der Waals surface area contributed by atoms with Crippen LogP contribution in [-0.2, 0) is 9.53 Å². The molecule has 0 aliphatic carbocycles. The topological polar surface area (TPSA) is 75.6 Å². The smallest absolute Gasteiger partial charge is 0.342 e. The monoisotopic (exact) mass is 381 g/mol. The highest BCUT2D eigenvalue weighted by molar-refractivity contribution is 7.99. The van der Waals surface area contributed by atoms with Crippen molar-refractivity contribution in [1.29, 1.82) is 0 Å². The molecule has 0 unspecified atom stereocenters. The van der Waals surface area contributed by atoms with E-state index in [9.17, 15) is 23.5 Å². The van der Waals surface area contributed by atoms with Crippen LogP contribution in [0.4, 0.5) is 14.5 Å². The van der Waals surface area contributed by atoms with E-state index < -0.39 is 23.7 Å². The van der Waals surface area contributed by atoms with Crippen LogP contribution in [0.25, 0.3) is 0 Å². The Bertz CT molecular complexity index is 796. The number of halogens is 2. The Morgan fingerprint density at radius 2 is 1.81 bits per heavy atom. The number of carbonyl (C=O) groups excluding carboxylic acids is 2. The van der Waals surface area contributed by atoms with Gasteiger partial charge in [-0.15, -0.1) is 0 Å². The Kier molecular flexibility index (Phi) is 6.57. The lowest BCUT2D eigenvalue weighted by Crippen LogP contribution is -2.30. The quantitative estimate of drug-likeness (QED) is 0.579. The Labute approximate surface area is 153 Å². The first-order chi connectivity index (χ1) is 12.3. The molecule has 138 valence electrons. The van der Waals surface area contributed by atoms with Gasteiger partial charge in [-0.25, -0.2) is 4.79 Å². The van der Waals surface area contributed by atoms with Gasteiger partial charge in [0.1, 0.15) is 11.3 Å². The van der Waals surface area contributed by atoms with Crippen LogP contribution >= 0.6 is 11.8 Å². The number of alkyl halides is 2. The number of carbonyl (C=O) groups is 2. The molecule has 0 aliphatic heterocycles. The van der Waals surface area contributed by atoms with Gasteiger partial charge in [-0.05, 0) is 55.8 Å². The number of anilines is 1. The summed E-state index contributed by atoms with van der Waals surface area (Å²) in [6.07, 6.45) is -1.11. The van der Waals surface area contributed by atoms with Crippen LogP contribution in [-0.4, -0.2) is 28.8 Å². The van der Waals surface area contributed by atoms with Gasteiger partial charge in [-0.2, -0.15) is 8.78 Å². The average Bonchev–Trinajstić information content (AvgIpc) is 2.55. The molecule has 0 fully saturated rings. The molecular formula is C18H17F2NO4S. The van der Waals surface area contributed by atoms with Crippen LogP contribution in [0.1, 0.15) is 22.8 Å². The van der Waals surface area contributed by atoms with Crippen molar-refractivity contribution in [2.75, 3.05) is 5.32 Å². The van der Waals surface area contributed by atoms with E-state index in [4.69, 9.17) is 4.74 Å². The van der Waals surface area contributed by atoms with Gasteiger partial charge in [0, 0.05) is 10.6 Å². The van der Waals surface area contributed by atoms with Crippen LogP contribution in [0.3, 0.4) is 0 Å². The maximum absolute atomic E-state index is 12.3. The molecule has 5 nitrogen and oxygen atoms in total. The highest BCUT2D eigenvalue weighted by Crippen LogP contribution is 2.26. The highest BCUT2D eigenvalue weighted by atomic mass is 32.2. The molecule has 2 N–H and O–H groups in total. The molecule has 8 heteroatoms. The molecule has 1 amide bonds. The molecular weight excluding hydrogens is 364 g/mol. The summed E-state index contributed by atoms with van der Waals surface area (Å²) in [7, 11) is 0. The van der Waals surface area contributed by atoms with E-state index in [0.717, 1.165) is 5.56 Å². The SMILES string of the molecule is Cc1ccc(C(=O)O[C@@H](C)C(=O)Nc2ccc(SC(F)F)cc2)c(O)c1. The third-order valence-electron chi connectivity index (χ3n) is 3.37. The van der Waals surface area contributed by atoms with Gasteiger partial charge in [0.15, 0.2) is 6.10 Å². The molecule has 0 heterocycles. The number of phenolic OH excluding ortho intramolecular Hbond substituents is 1. The number of nitrogens with one attached hydrogen (secondary N) is 1. The number of esters is 1. The predicted molar refractivity (Wildman–Crippen MR) is 94.7 cm³/mol. The van der Waals surface area contributed by atoms with Crippen LogP contribution < -0.4 is 5.32 Å². The molecule has 26 heavy (non-hydrogen) atoms. The highest BCUT2D eigenvalue weighted by Gasteiger charge is 2.21. The minimum Gasteiger partial charge on any atom is -0.507 e. The summed E-state index contributed by atoms with van der Waals surface area (Å²) >= 11 is 0.402. The minimum atomic E-state index is -2.52. The average molecular weight is 381 g/mol. The van der Waals surface area contributed by atoms with Crippen molar-refractivity contribution in [1.82, 2.24) is 0 Å². The maximum atomic E-state index is 12.3. The van der Waals surface area contributed by atoms with Crippen LogP contribution in [0, 0.1) is 6.92 Å². The Morgan fingerprint density at radius 3 is 2.38 bits per heavy atom. The zero-order valence-corrected chi connectivity index (χ0v) is 14.8. The third-order valence-corrected chi connectivity index (χ3v) is 4.10. The van der Waals surface area contributed by atoms with Gasteiger partial charge in [0.2, 0.25) is 0 Å². The lowest BCUT2D eigenvalue weighted by molar-refractivity contribution is -0.123. The number of ether oxygens (including phenoxy) is 1. The third kappa shape index (κ3) is 5.45. The summed E-state index contributed by atoms with van der Waals surface area (Å²) in [5, 5.41) is 12.3. The van der Waals surface area contributed by atoms with E-state index in [-0.39, 0.29) is 11.3 Å². The molecule has 0 aliphatic rings. The van der Waals surface area contributed by atoms with Gasteiger partial charge in [-0.1, -0.05) is 17.8 Å². The summed E-state index contributed by atoms with van der Waals surface area (Å²) in [5.74, 6) is -4.16. The number of phenols is 1. The van der Waals surface area contributed by atoms with E-state index in [1.165, 1.54) is 43.3 Å². The number of hydrogen-bond acceptors (Lipinski definition) is 5. The number of hydrogen-bond donors (Lipinski definition) is 2. The fraction of sp³-hybridized carbons (Fsp3) is 0.222. The van der Waals surface area contributed by atoms with Crippen molar-refractivity contribution >= 4 is 29.3 Å². The van der Waals surface area contributed by atoms with Gasteiger partial charge >= 0.3 is 5.97 Å². The fourth-order valence-corrected chi connectivity index (χ4v) is 2.55. The lowest BCUT2D eigenvalue weighted by Gasteiger charge is -2.14. The molecule has 0 saturated heterocycles. The Morgan fingerprint density at radius 1 is 1.15 bits per heavy atom. The van der Waals surface area contributed by atoms with Gasteiger partial charge < -0.3 is 15.2 Å². The number of amides is 1. The van der Waals surface area contributed by atoms with Crippen molar-refractivity contribution in [2.24, 2.45) is 0 Å². The van der Waals surface area contributed by atoms with E-state index in [1.54, 1.807) is 13.0 Å². The standard InChI is InChI=1S/C18H17F2NO4S/c1-10-3-8-14(15(22)9-10)17(24)25-11(2)16(23)21-12-4-6-13(7-5-12)26-18(19)20/h3-9,11,18,22H,1-2H3,(H,21,23)/t11-/m0/s1. The molecule has 0 spiro atoms. The first-order valence-electron chi connectivity index (χ1n) is 7.62. The van der Waals surface area contributed by atoms with Crippen molar-refractivity contribution in [3.05, 3.63) is 53.6 Å². The van der Waals surface area contributed by atoms with Crippen molar-refractivity contribution in [3.8, 4) is 5.75 Å². The molecule has 0 aromatic heterocycles. The summed E-state index contributed by atoms with van der Waals surface area (Å²) in [5.41, 5.74) is 1.12. The number of benzene rings is 2. The zero-order valence-electron chi connectivity index (χ0n) is 14.0. The van der Waals surface area contributed by atoms with Gasteiger partial charge in [-0.3, -0.25) is 4.79 Å². The maximum Gasteiger partial charge on any atom is 0.342 e. The van der Waals surface area contributed by atoms with E-state index in [0.29, 0.717) is 22.3 Å². The van der Waals surface area contributed by atoms with Gasteiger partial charge in [0.05, 0.1) is 0 Å². The molecule has 0 bridgehead atoms. The Balaban J connectivity index is 1.95. The van der Waals surface area contributed by atoms with Crippen LogP contribution in [0.2, 0.25) is 0 Å². The van der Waals surface area contributed by atoms with Crippen molar-refractivity contribution in [3.63, 3.8) is 0 Å². The number of aryl methyl sites for hydroxylation is 1. The number of thioether (sulfide) groups is 1. The second kappa shape index (κ2) is 8.66. The number of rotatable bonds is 6. The molecule has 2 aromatic rings. The summed E-state index contributed by atoms with van der Waals surface area (Å²) in [6, 6.07) is 10.3. The predicted octanol–water partition coefficient (Wildman–Crippen LogP) is 4.20. The van der Waals surface area contributed by atoms with E-state index >= 15 is 0 Å². The Hall–Kier alpha value is -2.61. The molecule has 1 atom stereocenters. The normalized spacial score (nSPS) is 11.9. The first-order valence-corrected chi connectivity index (χ1v) is 8.50. The fourth-order valence-electron chi connectivity index (χ4n) is 2.06. The summed E-state index contributed by atoms with van der Waals surface area (Å²) < 4.78 is 29.6. The second-order valence-corrected chi connectivity index (χ2v) is 6.52. The lowest BCUT2D eigenvalue weighted by atomic mass is 10.1. The van der Waals surface area contributed by atoms with E-state index in [2.05, 4.69) is 5.32 Å². The number of aromatic hydroxyl groups is 1. The first kappa shape index (κ1) is 19.7. The van der Waals surface area contributed by atoms with E-state index in [1.807, 2.05) is 0 Å². The molecule has 2 aromatic carbocycles. The van der Waals surface area contributed by atoms with Gasteiger partial charge in [0.25, 0.3) is 11.7 Å². The second-order valence-electron chi connectivity index (χ2n) is 5.46. The molecule has 0 saturated carbocycles. The van der Waals surface area contributed by atoms with Crippen LogP contribution in [0.15, 0.2) is 47.4 Å². The summed E-state index contributed by atoms with van der Waals surface area (Å²) in [6.45, 7) is 3.15. The largest absolute Gasteiger partial charge is 0.507 e. The van der Waals surface area contributed by atoms with Crippen molar-refractivity contribution < 1.29 is 28.2 Å². The minimum absolute atomic E-state index is 0.0383. The summed E-state index contributed by atoms with van der Waals surface area (Å²) in [4.78, 5) is 24.5. The molecule has 2 rings (SSSR count).